The number of ether oxygens (including phenoxy) is 1. The standard InChI is InChI=1S/C20H26N4O3S/c25-19(21-5-1-7-24-8-2-6-22-24)15-3-4-17-16(13-15)14-18(28-17)20(26)23-9-11-27-12-10-23/h2,6,8,14-15H,1,3-5,7,9-13H2,(H,21,25). The third-order valence-corrected chi connectivity index (χ3v) is 6.61. The number of hydrogen-bond donors (Lipinski definition) is 1. The van der Waals surface area contributed by atoms with Crippen molar-refractivity contribution in [2.24, 2.45) is 5.92 Å². The van der Waals surface area contributed by atoms with Crippen molar-refractivity contribution in [1.82, 2.24) is 20.0 Å². The average molecular weight is 403 g/mol. The monoisotopic (exact) mass is 402 g/mol. The molecule has 2 aliphatic rings. The number of fused-ring (bicyclic) bond motifs is 1. The molecule has 1 fully saturated rings. The molecule has 150 valence electrons. The smallest absolute Gasteiger partial charge is 0.264 e. The van der Waals surface area contributed by atoms with E-state index in [4.69, 9.17) is 4.74 Å². The number of aromatic nitrogens is 2. The number of morpholine rings is 1. The van der Waals surface area contributed by atoms with Crippen molar-refractivity contribution in [2.45, 2.75) is 32.2 Å². The zero-order chi connectivity index (χ0) is 19.3. The van der Waals surface area contributed by atoms with Crippen molar-refractivity contribution >= 4 is 23.2 Å². The highest BCUT2D eigenvalue weighted by Crippen LogP contribution is 2.33. The minimum Gasteiger partial charge on any atom is -0.378 e. The molecule has 28 heavy (non-hydrogen) atoms. The highest BCUT2D eigenvalue weighted by Gasteiger charge is 2.28. The summed E-state index contributed by atoms with van der Waals surface area (Å²) in [6.07, 6.45) is 7.01. The molecule has 1 atom stereocenters. The van der Waals surface area contributed by atoms with Gasteiger partial charge in [-0.3, -0.25) is 14.3 Å². The van der Waals surface area contributed by atoms with E-state index in [2.05, 4.69) is 10.4 Å². The number of thiophene rings is 1. The Labute approximate surface area is 168 Å². The molecular formula is C20H26N4O3S. The van der Waals surface area contributed by atoms with E-state index in [1.54, 1.807) is 17.5 Å². The molecule has 2 amide bonds. The minimum atomic E-state index is -0.00172. The molecular weight excluding hydrogens is 376 g/mol. The number of hydrogen-bond acceptors (Lipinski definition) is 5. The van der Waals surface area contributed by atoms with E-state index < -0.39 is 0 Å². The topological polar surface area (TPSA) is 76.5 Å². The summed E-state index contributed by atoms with van der Waals surface area (Å²) in [5.74, 6) is 0.221. The third kappa shape index (κ3) is 4.44. The van der Waals surface area contributed by atoms with Crippen LogP contribution in [0.2, 0.25) is 0 Å². The Kier molecular flexibility index (Phi) is 6.07. The minimum absolute atomic E-state index is 0.00172. The van der Waals surface area contributed by atoms with Crippen LogP contribution in [-0.2, 0) is 28.9 Å². The van der Waals surface area contributed by atoms with Crippen LogP contribution < -0.4 is 5.32 Å². The molecule has 1 aliphatic heterocycles. The molecule has 2 aromatic heterocycles. The summed E-state index contributed by atoms with van der Waals surface area (Å²) < 4.78 is 7.20. The lowest BCUT2D eigenvalue weighted by molar-refractivity contribution is -0.125. The lowest BCUT2D eigenvalue weighted by atomic mass is 9.87. The number of amides is 2. The van der Waals surface area contributed by atoms with Gasteiger partial charge in [-0.15, -0.1) is 11.3 Å². The Morgan fingerprint density at radius 3 is 2.96 bits per heavy atom. The van der Waals surface area contributed by atoms with E-state index in [9.17, 15) is 9.59 Å². The van der Waals surface area contributed by atoms with Crippen LogP contribution in [0, 0.1) is 5.92 Å². The maximum Gasteiger partial charge on any atom is 0.264 e. The second-order valence-corrected chi connectivity index (χ2v) is 8.45. The van der Waals surface area contributed by atoms with Gasteiger partial charge in [0.15, 0.2) is 0 Å². The third-order valence-electron chi connectivity index (χ3n) is 5.39. The van der Waals surface area contributed by atoms with E-state index in [1.807, 2.05) is 27.9 Å². The zero-order valence-electron chi connectivity index (χ0n) is 15.9. The molecule has 1 aliphatic carbocycles. The molecule has 0 aromatic carbocycles. The summed E-state index contributed by atoms with van der Waals surface area (Å²) in [4.78, 5) is 29.2. The number of carbonyl (C=O) groups is 2. The predicted molar refractivity (Wildman–Crippen MR) is 106 cm³/mol. The Morgan fingerprint density at radius 2 is 2.18 bits per heavy atom. The van der Waals surface area contributed by atoms with E-state index in [-0.39, 0.29) is 17.7 Å². The van der Waals surface area contributed by atoms with Crippen molar-refractivity contribution in [1.29, 1.82) is 0 Å². The highest BCUT2D eigenvalue weighted by molar-refractivity contribution is 7.14. The Balaban J connectivity index is 1.28. The van der Waals surface area contributed by atoms with E-state index in [0.717, 1.165) is 37.1 Å². The first-order valence-electron chi connectivity index (χ1n) is 9.94. The maximum atomic E-state index is 12.7. The van der Waals surface area contributed by atoms with Crippen molar-refractivity contribution in [3.63, 3.8) is 0 Å². The van der Waals surface area contributed by atoms with Crippen LogP contribution in [0.5, 0.6) is 0 Å². The summed E-state index contributed by atoms with van der Waals surface area (Å²) in [5.41, 5.74) is 1.17. The second-order valence-electron chi connectivity index (χ2n) is 7.32. The van der Waals surface area contributed by atoms with Gasteiger partial charge in [0.25, 0.3) is 5.91 Å². The van der Waals surface area contributed by atoms with Gasteiger partial charge < -0.3 is 15.0 Å². The molecule has 1 saturated heterocycles. The molecule has 0 radical (unpaired) electrons. The van der Waals surface area contributed by atoms with Crippen LogP contribution >= 0.6 is 11.3 Å². The largest absolute Gasteiger partial charge is 0.378 e. The van der Waals surface area contributed by atoms with Gasteiger partial charge in [0.1, 0.15) is 0 Å². The number of aryl methyl sites for hydroxylation is 2. The fourth-order valence-corrected chi connectivity index (χ4v) is 4.98. The molecule has 4 rings (SSSR count). The molecule has 1 unspecified atom stereocenters. The van der Waals surface area contributed by atoms with Crippen LogP contribution in [0.15, 0.2) is 24.5 Å². The Morgan fingerprint density at radius 1 is 1.32 bits per heavy atom. The van der Waals surface area contributed by atoms with Crippen LogP contribution in [-0.4, -0.2) is 59.3 Å². The predicted octanol–water partition coefficient (Wildman–Crippen LogP) is 1.73. The number of nitrogens with zero attached hydrogens (tertiary/aromatic N) is 3. The molecule has 7 nitrogen and oxygen atoms in total. The fraction of sp³-hybridized carbons (Fsp3) is 0.550. The van der Waals surface area contributed by atoms with Crippen molar-refractivity contribution in [3.05, 3.63) is 39.8 Å². The first-order chi connectivity index (χ1) is 13.7. The van der Waals surface area contributed by atoms with Gasteiger partial charge in [-0.25, -0.2) is 0 Å². The average Bonchev–Trinajstić information content (AvgIpc) is 3.40. The molecule has 1 N–H and O–H groups in total. The summed E-state index contributed by atoms with van der Waals surface area (Å²) >= 11 is 1.60. The quantitative estimate of drug-likeness (QED) is 0.747. The van der Waals surface area contributed by atoms with Gasteiger partial charge in [0, 0.05) is 49.4 Å². The van der Waals surface area contributed by atoms with Gasteiger partial charge >= 0.3 is 0 Å². The summed E-state index contributed by atoms with van der Waals surface area (Å²) in [6.45, 7) is 4.00. The first kappa shape index (κ1) is 19.1. The van der Waals surface area contributed by atoms with Crippen molar-refractivity contribution in [2.75, 3.05) is 32.8 Å². The second kappa shape index (κ2) is 8.87. The highest BCUT2D eigenvalue weighted by atomic mass is 32.1. The molecule has 2 aromatic rings. The Hall–Kier alpha value is -2.19. The van der Waals surface area contributed by atoms with Crippen LogP contribution in [0.4, 0.5) is 0 Å². The summed E-state index contributed by atoms with van der Waals surface area (Å²) in [5, 5.41) is 7.23. The number of rotatable bonds is 6. The zero-order valence-corrected chi connectivity index (χ0v) is 16.7. The van der Waals surface area contributed by atoms with Gasteiger partial charge in [-0.05, 0) is 43.4 Å². The van der Waals surface area contributed by atoms with Gasteiger partial charge in [0.2, 0.25) is 5.91 Å². The summed E-state index contributed by atoms with van der Waals surface area (Å²) in [6, 6.07) is 3.91. The molecule has 0 saturated carbocycles. The van der Waals surface area contributed by atoms with Crippen LogP contribution in [0.3, 0.4) is 0 Å². The van der Waals surface area contributed by atoms with Gasteiger partial charge in [0.05, 0.1) is 18.1 Å². The Bertz CT molecular complexity index is 812. The molecule has 0 spiro atoms. The van der Waals surface area contributed by atoms with Crippen LogP contribution in [0.25, 0.3) is 0 Å². The lowest BCUT2D eigenvalue weighted by Gasteiger charge is -2.26. The first-order valence-corrected chi connectivity index (χ1v) is 10.8. The SMILES string of the molecule is O=C(NCCCn1cccn1)C1CCc2sc(C(=O)N3CCOCC3)cc2C1. The van der Waals surface area contributed by atoms with Crippen molar-refractivity contribution in [3.8, 4) is 0 Å². The van der Waals surface area contributed by atoms with E-state index in [1.165, 1.54) is 10.4 Å². The van der Waals surface area contributed by atoms with Crippen LogP contribution in [0.1, 0.15) is 33.0 Å². The fourth-order valence-electron chi connectivity index (χ4n) is 3.80. The molecule has 3 heterocycles. The summed E-state index contributed by atoms with van der Waals surface area (Å²) in [7, 11) is 0. The normalized spacial score (nSPS) is 19.3. The molecule has 8 heteroatoms. The number of carbonyl (C=O) groups excluding carboxylic acids is 2. The van der Waals surface area contributed by atoms with Gasteiger partial charge in [-0.1, -0.05) is 0 Å². The lowest BCUT2D eigenvalue weighted by Crippen LogP contribution is -2.40. The maximum absolute atomic E-state index is 12.7. The van der Waals surface area contributed by atoms with E-state index >= 15 is 0 Å². The van der Waals surface area contributed by atoms with E-state index in [0.29, 0.717) is 32.8 Å². The van der Waals surface area contributed by atoms with Crippen molar-refractivity contribution < 1.29 is 14.3 Å². The number of nitrogens with one attached hydrogen (secondary N) is 1. The van der Waals surface area contributed by atoms with Gasteiger partial charge in [-0.2, -0.15) is 5.10 Å². The molecule has 0 bridgehead atoms.